The number of benzene rings is 1. The van der Waals surface area contributed by atoms with Gasteiger partial charge in [0.25, 0.3) is 5.69 Å². The molecule has 1 aromatic rings. The molecule has 1 saturated carbocycles. The second kappa shape index (κ2) is 5.02. The summed E-state index contributed by atoms with van der Waals surface area (Å²) in [7, 11) is 0. The highest BCUT2D eigenvalue weighted by Gasteiger charge is 2.34. The van der Waals surface area contributed by atoms with Crippen LogP contribution in [0.4, 0.5) is 5.69 Å². The fraction of sp³-hybridized carbons (Fsp3) is 0.500. The van der Waals surface area contributed by atoms with E-state index in [0.29, 0.717) is 17.6 Å². The Kier molecular flexibility index (Phi) is 3.64. The molecule has 0 amide bonds. The number of nitrogens with one attached hydrogen (secondary N) is 1. The quantitative estimate of drug-likeness (QED) is 0.649. The van der Waals surface area contributed by atoms with Gasteiger partial charge in [0.05, 0.1) is 9.95 Å². The number of halogens is 1. The van der Waals surface area contributed by atoms with Gasteiger partial charge in [0.1, 0.15) is 0 Å². The van der Waals surface area contributed by atoms with Gasteiger partial charge >= 0.3 is 0 Å². The molecule has 2 rings (SSSR count). The van der Waals surface area contributed by atoms with Crippen LogP contribution in [0.15, 0.2) is 18.2 Å². The van der Waals surface area contributed by atoms with E-state index in [1.807, 2.05) is 0 Å². The average Bonchev–Trinajstić information content (AvgIpc) is 3.06. The van der Waals surface area contributed by atoms with Crippen molar-refractivity contribution in [3.05, 3.63) is 38.9 Å². The second-order valence-corrected chi connectivity index (χ2v) is 4.83. The summed E-state index contributed by atoms with van der Waals surface area (Å²) in [6, 6.07) is 5.21. The topological polar surface area (TPSA) is 55.2 Å². The monoisotopic (exact) mass is 254 g/mol. The van der Waals surface area contributed by atoms with Crippen molar-refractivity contribution >= 4 is 17.3 Å². The van der Waals surface area contributed by atoms with Gasteiger partial charge in [0.15, 0.2) is 0 Å². The summed E-state index contributed by atoms with van der Waals surface area (Å²) in [5.41, 5.74) is 0.954. The average molecular weight is 255 g/mol. The molecule has 1 aromatic carbocycles. The predicted octanol–water partition coefficient (Wildman–Crippen LogP) is 3.14. The smallest absolute Gasteiger partial charge is 0.270 e. The van der Waals surface area contributed by atoms with E-state index < -0.39 is 4.92 Å². The van der Waals surface area contributed by atoms with Crippen LogP contribution < -0.4 is 5.32 Å². The molecule has 2 atom stereocenters. The van der Waals surface area contributed by atoms with Crippen LogP contribution in [0.2, 0.25) is 5.02 Å². The fourth-order valence-electron chi connectivity index (χ4n) is 1.98. The zero-order valence-corrected chi connectivity index (χ0v) is 10.4. The largest absolute Gasteiger partial charge is 0.310 e. The summed E-state index contributed by atoms with van der Waals surface area (Å²) in [5, 5.41) is 14.4. The molecule has 2 unspecified atom stereocenters. The van der Waals surface area contributed by atoms with Crippen LogP contribution in [0.1, 0.15) is 25.3 Å². The third kappa shape index (κ3) is 2.96. The highest BCUT2D eigenvalue weighted by Crippen LogP contribution is 2.33. The molecular weight excluding hydrogens is 240 g/mol. The van der Waals surface area contributed by atoms with Gasteiger partial charge in [-0.15, -0.1) is 0 Å². The minimum Gasteiger partial charge on any atom is -0.310 e. The van der Waals surface area contributed by atoms with E-state index in [0.717, 1.165) is 11.5 Å². The lowest BCUT2D eigenvalue weighted by molar-refractivity contribution is -0.384. The molecule has 17 heavy (non-hydrogen) atoms. The number of nitro benzene ring substituents is 1. The normalized spacial score (nSPS) is 22.5. The molecule has 0 heterocycles. The number of rotatable bonds is 5. The molecule has 1 aliphatic carbocycles. The van der Waals surface area contributed by atoms with E-state index in [9.17, 15) is 10.1 Å². The van der Waals surface area contributed by atoms with E-state index in [4.69, 9.17) is 11.6 Å². The highest BCUT2D eigenvalue weighted by molar-refractivity contribution is 6.31. The molecule has 0 radical (unpaired) electrons. The minimum atomic E-state index is -0.433. The second-order valence-electron chi connectivity index (χ2n) is 4.42. The van der Waals surface area contributed by atoms with Crippen molar-refractivity contribution in [2.75, 3.05) is 0 Å². The summed E-state index contributed by atoms with van der Waals surface area (Å²) in [4.78, 5) is 10.1. The number of non-ortho nitro benzene ring substituents is 1. The van der Waals surface area contributed by atoms with Gasteiger partial charge < -0.3 is 5.32 Å². The van der Waals surface area contributed by atoms with E-state index in [1.165, 1.54) is 25.0 Å². The van der Waals surface area contributed by atoms with E-state index in [2.05, 4.69) is 12.2 Å². The molecular formula is C12H15ClN2O2. The van der Waals surface area contributed by atoms with Gasteiger partial charge in [0.2, 0.25) is 0 Å². The van der Waals surface area contributed by atoms with Gasteiger partial charge in [-0.05, 0) is 24.0 Å². The summed E-state index contributed by atoms with van der Waals surface area (Å²) in [6.45, 7) is 2.86. The Labute approximate surface area is 105 Å². The van der Waals surface area contributed by atoms with E-state index >= 15 is 0 Å². The zero-order valence-electron chi connectivity index (χ0n) is 9.65. The standard InChI is InChI=1S/C12H15ClN2O2/c1-2-8-5-12(8)14-7-9-3-4-10(15(16)17)6-11(9)13/h3-4,6,8,12,14H,2,5,7H2,1H3. The van der Waals surface area contributed by atoms with Crippen molar-refractivity contribution in [2.45, 2.75) is 32.4 Å². The first-order valence-corrected chi connectivity index (χ1v) is 6.15. The van der Waals surface area contributed by atoms with Gasteiger partial charge in [-0.3, -0.25) is 10.1 Å². The van der Waals surface area contributed by atoms with Gasteiger partial charge in [-0.2, -0.15) is 0 Å². The fourth-order valence-corrected chi connectivity index (χ4v) is 2.22. The Morgan fingerprint density at radius 3 is 2.88 bits per heavy atom. The first-order chi connectivity index (χ1) is 8.11. The number of hydrogen-bond donors (Lipinski definition) is 1. The Morgan fingerprint density at radius 2 is 2.35 bits per heavy atom. The van der Waals surface area contributed by atoms with E-state index in [1.54, 1.807) is 6.07 Å². The Hall–Kier alpha value is -1.13. The number of nitro groups is 1. The number of hydrogen-bond acceptors (Lipinski definition) is 3. The molecule has 0 bridgehead atoms. The highest BCUT2D eigenvalue weighted by atomic mass is 35.5. The molecule has 0 saturated heterocycles. The summed E-state index contributed by atoms with van der Waals surface area (Å²) in [5.74, 6) is 0.784. The third-order valence-electron chi connectivity index (χ3n) is 3.25. The van der Waals surface area contributed by atoms with Crippen LogP contribution in [0.5, 0.6) is 0 Å². The van der Waals surface area contributed by atoms with Crippen LogP contribution in [-0.4, -0.2) is 11.0 Å². The molecule has 4 nitrogen and oxygen atoms in total. The van der Waals surface area contributed by atoms with Gasteiger partial charge in [-0.1, -0.05) is 24.9 Å². The predicted molar refractivity (Wildman–Crippen MR) is 67.1 cm³/mol. The summed E-state index contributed by atoms with van der Waals surface area (Å²) in [6.07, 6.45) is 2.42. The Balaban J connectivity index is 1.95. The first-order valence-electron chi connectivity index (χ1n) is 5.78. The molecule has 92 valence electrons. The summed E-state index contributed by atoms with van der Waals surface area (Å²) < 4.78 is 0. The van der Waals surface area contributed by atoms with Gasteiger partial charge in [-0.25, -0.2) is 0 Å². The lowest BCUT2D eigenvalue weighted by atomic mass is 10.2. The van der Waals surface area contributed by atoms with Crippen LogP contribution in [0, 0.1) is 16.0 Å². The van der Waals surface area contributed by atoms with Crippen molar-refractivity contribution in [3.63, 3.8) is 0 Å². The molecule has 1 aliphatic rings. The minimum absolute atomic E-state index is 0.0385. The van der Waals surface area contributed by atoms with Crippen LogP contribution in [0.3, 0.4) is 0 Å². The van der Waals surface area contributed by atoms with Crippen molar-refractivity contribution < 1.29 is 4.92 Å². The van der Waals surface area contributed by atoms with E-state index in [-0.39, 0.29) is 5.69 Å². The van der Waals surface area contributed by atoms with Crippen LogP contribution in [-0.2, 0) is 6.54 Å². The lowest BCUT2D eigenvalue weighted by Gasteiger charge is -2.06. The maximum absolute atomic E-state index is 10.6. The number of nitrogens with zero attached hydrogens (tertiary/aromatic N) is 1. The van der Waals surface area contributed by atoms with Crippen molar-refractivity contribution in [1.29, 1.82) is 0 Å². The van der Waals surface area contributed by atoms with Crippen molar-refractivity contribution in [1.82, 2.24) is 5.32 Å². The maximum Gasteiger partial charge on any atom is 0.270 e. The molecule has 1 fully saturated rings. The Bertz CT molecular complexity index is 437. The van der Waals surface area contributed by atoms with Crippen LogP contribution >= 0.6 is 11.6 Å². The lowest BCUT2D eigenvalue weighted by Crippen LogP contribution is -2.17. The SMILES string of the molecule is CCC1CC1NCc1ccc([N+](=O)[O-])cc1Cl. The molecule has 1 N–H and O–H groups in total. The summed E-state index contributed by atoms with van der Waals surface area (Å²) >= 11 is 6.00. The zero-order chi connectivity index (χ0) is 12.4. The van der Waals surface area contributed by atoms with Crippen molar-refractivity contribution in [2.24, 2.45) is 5.92 Å². The molecule has 0 spiro atoms. The maximum atomic E-state index is 10.6. The molecule has 5 heteroatoms. The first kappa shape index (κ1) is 12.3. The van der Waals surface area contributed by atoms with Gasteiger partial charge in [0, 0.05) is 24.7 Å². The third-order valence-corrected chi connectivity index (χ3v) is 3.60. The van der Waals surface area contributed by atoms with Crippen LogP contribution in [0.25, 0.3) is 0 Å². The van der Waals surface area contributed by atoms with Crippen molar-refractivity contribution in [3.8, 4) is 0 Å². The Morgan fingerprint density at radius 1 is 1.59 bits per heavy atom. The molecule has 0 aromatic heterocycles. The molecule has 0 aliphatic heterocycles.